The van der Waals surface area contributed by atoms with Crippen LogP contribution in [0.4, 0.5) is 5.69 Å². The van der Waals surface area contributed by atoms with Crippen LogP contribution in [0.2, 0.25) is 0 Å². The second kappa shape index (κ2) is 10.6. The van der Waals surface area contributed by atoms with Crippen LogP contribution in [0.25, 0.3) is 5.69 Å². The predicted octanol–water partition coefficient (Wildman–Crippen LogP) is 4.38. The van der Waals surface area contributed by atoms with E-state index in [9.17, 15) is 9.59 Å². The molecule has 1 amide bonds. The molecule has 0 saturated heterocycles. The number of hydrogen-bond acceptors (Lipinski definition) is 6. The summed E-state index contributed by atoms with van der Waals surface area (Å²) in [5, 5.41) is 12.2. The number of nitrogens with zero attached hydrogens (tertiary/aromatic N) is 3. The Morgan fingerprint density at radius 3 is 2.39 bits per heavy atom. The summed E-state index contributed by atoms with van der Waals surface area (Å²) in [5.41, 5.74) is 2.96. The summed E-state index contributed by atoms with van der Waals surface area (Å²) in [7, 11) is 1.32. The lowest BCUT2D eigenvalue weighted by Gasteiger charge is -2.11. The van der Waals surface area contributed by atoms with E-state index < -0.39 is 5.97 Å². The maximum Gasteiger partial charge on any atom is 0.337 e. The highest BCUT2D eigenvalue weighted by atomic mass is 32.2. The Balaban J connectivity index is 1.50. The summed E-state index contributed by atoms with van der Waals surface area (Å²) >= 11 is 1.30. The van der Waals surface area contributed by atoms with Gasteiger partial charge in [0.05, 0.1) is 18.4 Å². The second-order valence-corrected chi connectivity index (χ2v) is 8.08. The highest BCUT2D eigenvalue weighted by molar-refractivity contribution is 7.99. The van der Waals surface area contributed by atoms with Crippen LogP contribution < -0.4 is 5.32 Å². The SMILES string of the molecule is COC(=O)c1cccc(NC(=O)CSc2nnc(Cc3ccccc3)n2-c2ccccc2)c1. The number of thioether (sulfide) groups is 1. The average molecular weight is 459 g/mol. The number of para-hydroxylation sites is 1. The minimum Gasteiger partial charge on any atom is -0.465 e. The second-order valence-electron chi connectivity index (χ2n) is 7.14. The van der Waals surface area contributed by atoms with E-state index in [4.69, 9.17) is 4.74 Å². The molecule has 0 spiro atoms. The number of esters is 1. The molecule has 0 fully saturated rings. The smallest absolute Gasteiger partial charge is 0.337 e. The molecule has 1 aromatic heterocycles. The molecule has 0 aliphatic carbocycles. The topological polar surface area (TPSA) is 86.1 Å². The van der Waals surface area contributed by atoms with E-state index in [0.717, 1.165) is 17.1 Å². The van der Waals surface area contributed by atoms with Crippen molar-refractivity contribution in [3.63, 3.8) is 0 Å². The Morgan fingerprint density at radius 1 is 0.939 bits per heavy atom. The summed E-state index contributed by atoms with van der Waals surface area (Å²) in [6, 6.07) is 26.5. The van der Waals surface area contributed by atoms with Crippen LogP contribution in [0, 0.1) is 0 Å². The van der Waals surface area contributed by atoms with Gasteiger partial charge in [-0.25, -0.2) is 4.79 Å². The number of carbonyl (C=O) groups is 2. The number of carbonyl (C=O) groups excluding carboxylic acids is 2. The van der Waals surface area contributed by atoms with E-state index in [-0.39, 0.29) is 11.7 Å². The first kappa shape index (κ1) is 22.3. The molecular formula is C25H22N4O3S. The zero-order valence-electron chi connectivity index (χ0n) is 18.0. The summed E-state index contributed by atoms with van der Waals surface area (Å²) in [6.45, 7) is 0. The van der Waals surface area contributed by atoms with E-state index in [1.165, 1.54) is 18.9 Å². The standard InChI is InChI=1S/C25H22N4O3S/c1-32-24(31)19-11-8-12-20(16-19)26-23(30)17-33-25-28-27-22(15-18-9-4-2-5-10-18)29(25)21-13-6-3-7-14-21/h2-14,16H,15,17H2,1H3,(H,26,30). The number of nitrogens with one attached hydrogen (secondary N) is 1. The van der Waals surface area contributed by atoms with Crippen LogP contribution in [0.15, 0.2) is 90.1 Å². The molecular weight excluding hydrogens is 436 g/mol. The van der Waals surface area contributed by atoms with Gasteiger partial charge in [-0.3, -0.25) is 9.36 Å². The minimum atomic E-state index is -0.456. The van der Waals surface area contributed by atoms with Crippen molar-refractivity contribution in [1.29, 1.82) is 0 Å². The lowest BCUT2D eigenvalue weighted by Crippen LogP contribution is -2.15. The van der Waals surface area contributed by atoms with Crippen molar-refractivity contribution in [2.24, 2.45) is 0 Å². The molecule has 0 aliphatic rings. The number of amides is 1. The fraction of sp³-hybridized carbons (Fsp3) is 0.120. The molecule has 3 aromatic carbocycles. The normalized spacial score (nSPS) is 10.6. The number of ether oxygens (including phenoxy) is 1. The molecule has 8 heteroatoms. The number of anilines is 1. The van der Waals surface area contributed by atoms with Gasteiger partial charge in [0.2, 0.25) is 5.91 Å². The molecule has 0 bridgehead atoms. The summed E-state index contributed by atoms with van der Waals surface area (Å²) in [4.78, 5) is 24.3. The van der Waals surface area contributed by atoms with Crippen molar-refractivity contribution in [2.45, 2.75) is 11.6 Å². The van der Waals surface area contributed by atoms with Gasteiger partial charge in [0, 0.05) is 17.8 Å². The molecule has 1 N–H and O–H groups in total. The van der Waals surface area contributed by atoms with Gasteiger partial charge >= 0.3 is 5.97 Å². The highest BCUT2D eigenvalue weighted by Gasteiger charge is 2.16. The molecule has 1 heterocycles. The number of rotatable bonds is 8. The molecule has 0 radical (unpaired) electrons. The predicted molar refractivity (Wildman–Crippen MR) is 128 cm³/mol. The molecule has 4 rings (SSSR count). The Labute approximate surface area is 195 Å². The molecule has 166 valence electrons. The average Bonchev–Trinajstić information content (AvgIpc) is 3.25. The van der Waals surface area contributed by atoms with Crippen molar-refractivity contribution in [3.05, 3.63) is 102 Å². The van der Waals surface area contributed by atoms with Gasteiger partial charge in [-0.1, -0.05) is 66.4 Å². The van der Waals surface area contributed by atoms with Gasteiger partial charge in [-0.15, -0.1) is 10.2 Å². The Kier molecular flexibility index (Phi) is 7.16. The zero-order valence-corrected chi connectivity index (χ0v) is 18.8. The molecule has 0 unspecified atom stereocenters. The van der Waals surface area contributed by atoms with Crippen molar-refractivity contribution in [2.75, 3.05) is 18.2 Å². The first-order valence-electron chi connectivity index (χ1n) is 10.3. The fourth-order valence-corrected chi connectivity index (χ4v) is 4.06. The summed E-state index contributed by atoms with van der Waals surface area (Å²) < 4.78 is 6.70. The summed E-state index contributed by atoms with van der Waals surface area (Å²) in [5.74, 6) is 0.261. The van der Waals surface area contributed by atoms with E-state index in [2.05, 4.69) is 15.5 Å². The van der Waals surface area contributed by atoms with Crippen LogP contribution in [-0.4, -0.2) is 39.5 Å². The largest absolute Gasteiger partial charge is 0.465 e. The number of methoxy groups -OCH3 is 1. The first-order chi connectivity index (χ1) is 16.1. The maximum atomic E-state index is 12.6. The Hall–Kier alpha value is -3.91. The lowest BCUT2D eigenvalue weighted by atomic mass is 10.1. The number of benzene rings is 3. The quantitative estimate of drug-likeness (QED) is 0.312. The van der Waals surface area contributed by atoms with Gasteiger partial charge in [0.15, 0.2) is 5.16 Å². The van der Waals surface area contributed by atoms with E-state index in [0.29, 0.717) is 22.8 Å². The molecule has 33 heavy (non-hydrogen) atoms. The molecule has 0 aliphatic heterocycles. The molecule has 0 atom stereocenters. The van der Waals surface area contributed by atoms with Gasteiger partial charge in [0.1, 0.15) is 5.82 Å². The van der Waals surface area contributed by atoms with Gasteiger partial charge in [-0.2, -0.15) is 0 Å². The molecule has 4 aromatic rings. The summed E-state index contributed by atoms with van der Waals surface area (Å²) in [6.07, 6.45) is 0.621. The van der Waals surface area contributed by atoms with Gasteiger partial charge in [-0.05, 0) is 35.9 Å². The lowest BCUT2D eigenvalue weighted by molar-refractivity contribution is -0.113. The van der Waals surface area contributed by atoms with Gasteiger partial charge in [0.25, 0.3) is 0 Å². The van der Waals surface area contributed by atoms with Crippen LogP contribution in [0.1, 0.15) is 21.7 Å². The Bertz CT molecular complexity index is 1240. The number of aromatic nitrogens is 3. The third-order valence-electron chi connectivity index (χ3n) is 4.82. The highest BCUT2D eigenvalue weighted by Crippen LogP contribution is 2.24. The number of hydrogen-bond donors (Lipinski definition) is 1. The third kappa shape index (κ3) is 5.67. The van der Waals surface area contributed by atoms with Gasteiger partial charge < -0.3 is 10.1 Å². The Morgan fingerprint density at radius 2 is 1.67 bits per heavy atom. The molecule has 7 nitrogen and oxygen atoms in total. The van der Waals surface area contributed by atoms with Crippen LogP contribution in [0.3, 0.4) is 0 Å². The van der Waals surface area contributed by atoms with Crippen LogP contribution in [0.5, 0.6) is 0 Å². The minimum absolute atomic E-state index is 0.138. The molecule has 0 saturated carbocycles. The van der Waals surface area contributed by atoms with Crippen molar-refractivity contribution < 1.29 is 14.3 Å². The van der Waals surface area contributed by atoms with Crippen LogP contribution in [-0.2, 0) is 16.0 Å². The van der Waals surface area contributed by atoms with Crippen LogP contribution >= 0.6 is 11.8 Å². The monoisotopic (exact) mass is 458 g/mol. The fourth-order valence-electron chi connectivity index (χ4n) is 3.29. The van der Waals surface area contributed by atoms with E-state index >= 15 is 0 Å². The van der Waals surface area contributed by atoms with E-state index in [1.54, 1.807) is 24.3 Å². The van der Waals surface area contributed by atoms with Crippen molar-refractivity contribution in [3.8, 4) is 5.69 Å². The zero-order chi connectivity index (χ0) is 23.0. The third-order valence-corrected chi connectivity index (χ3v) is 5.75. The maximum absolute atomic E-state index is 12.6. The van der Waals surface area contributed by atoms with Crippen molar-refractivity contribution >= 4 is 29.3 Å². The van der Waals surface area contributed by atoms with Crippen molar-refractivity contribution in [1.82, 2.24) is 14.8 Å². The van der Waals surface area contributed by atoms with E-state index in [1.807, 2.05) is 65.2 Å². The first-order valence-corrected chi connectivity index (χ1v) is 11.3.